The average Bonchev–Trinajstić information content (AvgIpc) is 2.97. The quantitative estimate of drug-likeness (QED) is 0.852. The second-order valence-corrected chi connectivity index (χ2v) is 6.96. The summed E-state index contributed by atoms with van der Waals surface area (Å²) in [5.74, 6) is 1.08. The first-order chi connectivity index (χ1) is 11.0. The minimum atomic E-state index is -0.173. The number of pyridine rings is 1. The molecular weight excluding hydrogens is 310 g/mol. The molecule has 124 valence electrons. The smallest absolute Gasteiger partial charge is 0.315 e. The highest BCUT2D eigenvalue weighted by atomic mass is 32.1. The Bertz CT molecular complexity index is 655. The Morgan fingerprint density at radius 1 is 1.35 bits per heavy atom. The molecule has 0 aromatic carbocycles. The Balaban J connectivity index is 1.78. The van der Waals surface area contributed by atoms with Crippen LogP contribution in [-0.2, 0) is 6.54 Å². The zero-order chi connectivity index (χ0) is 16.8. The molecule has 6 nitrogen and oxygen atoms in total. The second-order valence-electron chi connectivity index (χ2n) is 5.69. The zero-order valence-corrected chi connectivity index (χ0v) is 14.8. The molecule has 2 rings (SSSR count). The Morgan fingerprint density at radius 2 is 2.13 bits per heavy atom. The first-order valence-electron chi connectivity index (χ1n) is 7.52. The number of urea groups is 1. The Labute approximate surface area is 141 Å². The van der Waals surface area contributed by atoms with Gasteiger partial charge in [-0.05, 0) is 24.6 Å². The molecule has 2 aromatic rings. The summed E-state index contributed by atoms with van der Waals surface area (Å²) in [6.07, 6.45) is 3.61. The molecule has 0 aliphatic carbocycles. The zero-order valence-electron chi connectivity index (χ0n) is 14.0. The van der Waals surface area contributed by atoms with E-state index in [2.05, 4.69) is 27.5 Å². The minimum Gasteiger partial charge on any atom is -0.363 e. The number of carbonyl (C=O) groups is 1. The van der Waals surface area contributed by atoms with Crippen LogP contribution in [-0.4, -0.2) is 36.6 Å². The predicted octanol–water partition coefficient (Wildman–Crippen LogP) is 2.52. The average molecular weight is 333 g/mol. The number of carbonyl (C=O) groups excluding carboxylic acids is 1. The van der Waals surface area contributed by atoms with Crippen molar-refractivity contribution in [2.24, 2.45) is 0 Å². The monoisotopic (exact) mass is 333 g/mol. The van der Waals surface area contributed by atoms with Gasteiger partial charge in [-0.2, -0.15) is 0 Å². The maximum atomic E-state index is 11.9. The van der Waals surface area contributed by atoms with Gasteiger partial charge >= 0.3 is 6.03 Å². The minimum absolute atomic E-state index is 0.173. The van der Waals surface area contributed by atoms with Gasteiger partial charge in [0.2, 0.25) is 0 Å². The van der Waals surface area contributed by atoms with Crippen LogP contribution in [0.15, 0.2) is 24.5 Å². The molecule has 1 atom stereocenters. The van der Waals surface area contributed by atoms with Crippen molar-refractivity contribution in [2.45, 2.75) is 26.3 Å². The van der Waals surface area contributed by atoms with Crippen LogP contribution in [0, 0.1) is 6.92 Å². The number of hydrogen-bond donors (Lipinski definition) is 2. The molecule has 2 heterocycles. The summed E-state index contributed by atoms with van der Waals surface area (Å²) in [4.78, 5) is 23.6. The maximum absolute atomic E-state index is 11.9. The van der Waals surface area contributed by atoms with Crippen molar-refractivity contribution in [3.63, 3.8) is 0 Å². The van der Waals surface area contributed by atoms with Gasteiger partial charge in [0, 0.05) is 50.4 Å². The summed E-state index contributed by atoms with van der Waals surface area (Å²) < 4.78 is 0. The Morgan fingerprint density at radius 3 is 2.78 bits per heavy atom. The van der Waals surface area contributed by atoms with Crippen molar-refractivity contribution < 1.29 is 4.79 Å². The summed E-state index contributed by atoms with van der Waals surface area (Å²) >= 11 is 1.67. The third kappa shape index (κ3) is 5.21. The highest BCUT2D eigenvalue weighted by Crippen LogP contribution is 2.20. The van der Waals surface area contributed by atoms with Crippen LogP contribution >= 0.6 is 11.3 Å². The van der Waals surface area contributed by atoms with Gasteiger partial charge in [-0.3, -0.25) is 0 Å². The standard InChI is InChI=1S/C16H23N5OS/c1-11(15-18-9-12(2)23-15)8-19-16(22)20-10-13-5-6-17-14(7-13)21(3)4/h5-7,9,11H,8,10H2,1-4H3,(H2,19,20,22)/t11-/m0/s1. The van der Waals surface area contributed by atoms with Gasteiger partial charge in [0.1, 0.15) is 5.82 Å². The van der Waals surface area contributed by atoms with E-state index in [1.54, 1.807) is 17.5 Å². The maximum Gasteiger partial charge on any atom is 0.315 e. The molecule has 0 aliphatic heterocycles. The third-order valence-corrected chi connectivity index (χ3v) is 4.50. The first kappa shape index (κ1) is 17.2. The number of aryl methyl sites for hydroxylation is 1. The van der Waals surface area contributed by atoms with Crippen LogP contribution in [0.1, 0.15) is 28.3 Å². The third-order valence-electron chi connectivity index (χ3n) is 3.35. The number of aromatic nitrogens is 2. The lowest BCUT2D eigenvalue weighted by Crippen LogP contribution is -2.37. The topological polar surface area (TPSA) is 70.1 Å². The van der Waals surface area contributed by atoms with Crippen molar-refractivity contribution in [1.29, 1.82) is 0 Å². The van der Waals surface area contributed by atoms with Gasteiger partial charge in [-0.25, -0.2) is 14.8 Å². The van der Waals surface area contributed by atoms with Gasteiger partial charge < -0.3 is 15.5 Å². The molecule has 2 amide bonds. The van der Waals surface area contributed by atoms with Crippen LogP contribution in [0.3, 0.4) is 0 Å². The number of anilines is 1. The van der Waals surface area contributed by atoms with E-state index in [4.69, 9.17) is 0 Å². The molecule has 7 heteroatoms. The SMILES string of the molecule is Cc1cnc([C@@H](C)CNC(=O)NCc2ccnc(N(C)C)c2)s1. The molecule has 0 saturated carbocycles. The molecule has 2 N–H and O–H groups in total. The lowest BCUT2D eigenvalue weighted by Gasteiger charge is -2.13. The van der Waals surface area contributed by atoms with E-state index in [9.17, 15) is 4.79 Å². The van der Waals surface area contributed by atoms with E-state index in [0.717, 1.165) is 16.4 Å². The van der Waals surface area contributed by atoms with Crippen molar-refractivity contribution in [3.8, 4) is 0 Å². The molecule has 2 aromatic heterocycles. The lowest BCUT2D eigenvalue weighted by molar-refractivity contribution is 0.240. The Hall–Kier alpha value is -2.15. The first-order valence-corrected chi connectivity index (χ1v) is 8.33. The van der Waals surface area contributed by atoms with E-state index in [1.165, 1.54) is 4.88 Å². The number of nitrogens with zero attached hydrogens (tertiary/aromatic N) is 3. The molecule has 0 bridgehead atoms. The predicted molar refractivity (Wildman–Crippen MR) is 94.1 cm³/mol. The molecule has 0 spiro atoms. The highest BCUT2D eigenvalue weighted by Gasteiger charge is 2.11. The summed E-state index contributed by atoms with van der Waals surface area (Å²) in [6.45, 7) is 5.13. The van der Waals surface area contributed by atoms with Gasteiger partial charge in [0.05, 0.1) is 5.01 Å². The van der Waals surface area contributed by atoms with Crippen LogP contribution < -0.4 is 15.5 Å². The van der Waals surface area contributed by atoms with Crippen LogP contribution in [0.4, 0.5) is 10.6 Å². The fraction of sp³-hybridized carbons (Fsp3) is 0.438. The molecule has 23 heavy (non-hydrogen) atoms. The molecule has 0 aliphatic rings. The summed E-state index contributed by atoms with van der Waals surface area (Å²) in [7, 11) is 3.88. The number of amides is 2. The van der Waals surface area contributed by atoms with E-state index in [1.807, 2.05) is 44.2 Å². The molecule has 0 fully saturated rings. The Kier molecular flexibility index (Phi) is 5.92. The van der Waals surface area contributed by atoms with Gasteiger partial charge in [-0.1, -0.05) is 6.92 Å². The van der Waals surface area contributed by atoms with Gasteiger partial charge in [-0.15, -0.1) is 11.3 Å². The van der Waals surface area contributed by atoms with E-state index in [-0.39, 0.29) is 11.9 Å². The highest BCUT2D eigenvalue weighted by molar-refractivity contribution is 7.11. The summed E-state index contributed by atoms with van der Waals surface area (Å²) in [5, 5.41) is 6.80. The van der Waals surface area contributed by atoms with Crippen LogP contribution in [0.2, 0.25) is 0 Å². The van der Waals surface area contributed by atoms with Crippen molar-refractivity contribution in [2.75, 3.05) is 25.5 Å². The summed E-state index contributed by atoms with van der Waals surface area (Å²) in [5.41, 5.74) is 1.02. The van der Waals surface area contributed by atoms with Gasteiger partial charge in [0.25, 0.3) is 0 Å². The van der Waals surface area contributed by atoms with Crippen LogP contribution in [0.25, 0.3) is 0 Å². The van der Waals surface area contributed by atoms with Crippen molar-refractivity contribution in [1.82, 2.24) is 20.6 Å². The van der Waals surface area contributed by atoms with E-state index in [0.29, 0.717) is 13.1 Å². The van der Waals surface area contributed by atoms with E-state index < -0.39 is 0 Å². The largest absolute Gasteiger partial charge is 0.363 e. The summed E-state index contributed by atoms with van der Waals surface area (Å²) in [6, 6.07) is 3.68. The fourth-order valence-corrected chi connectivity index (χ4v) is 2.82. The molecule has 0 radical (unpaired) electrons. The number of hydrogen-bond acceptors (Lipinski definition) is 5. The number of nitrogens with one attached hydrogen (secondary N) is 2. The molecular formula is C16H23N5OS. The second kappa shape index (κ2) is 7.92. The number of rotatable bonds is 6. The van der Waals surface area contributed by atoms with E-state index >= 15 is 0 Å². The molecule has 0 unspecified atom stereocenters. The van der Waals surface area contributed by atoms with Crippen molar-refractivity contribution >= 4 is 23.2 Å². The number of thiazole rings is 1. The fourth-order valence-electron chi connectivity index (χ4n) is 1.99. The molecule has 0 saturated heterocycles. The van der Waals surface area contributed by atoms with Crippen molar-refractivity contribution in [3.05, 3.63) is 40.0 Å². The van der Waals surface area contributed by atoms with Crippen LogP contribution in [0.5, 0.6) is 0 Å². The lowest BCUT2D eigenvalue weighted by atomic mass is 10.2. The van der Waals surface area contributed by atoms with Gasteiger partial charge in [0.15, 0.2) is 0 Å². The normalized spacial score (nSPS) is 11.8.